The molecule has 0 radical (unpaired) electrons. The maximum atomic E-state index is 5.91. The van der Waals surface area contributed by atoms with E-state index < -0.39 is 0 Å². The third kappa shape index (κ3) is 4.65. The van der Waals surface area contributed by atoms with Crippen molar-refractivity contribution in [2.24, 2.45) is 0 Å². The first-order chi connectivity index (χ1) is 13.8. The van der Waals surface area contributed by atoms with E-state index in [2.05, 4.69) is 41.3 Å². The van der Waals surface area contributed by atoms with Gasteiger partial charge < -0.3 is 18.6 Å². The number of para-hydroxylation sites is 2. The number of methoxy groups -OCH3 is 1. The van der Waals surface area contributed by atoms with Crippen LogP contribution < -0.4 is 9.47 Å². The van der Waals surface area contributed by atoms with Crippen LogP contribution in [-0.2, 0) is 10.6 Å². The van der Waals surface area contributed by atoms with Crippen LogP contribution in [0.15, 0.2) is 47.4 Å². The van der Waals surface area contributed by atoms with Crippen molar-refractivity contribution in [1.82, 2.24) is 4.90 Å². The minimum Gasteiger partial charge on any atom is -0.496 e. The molecular formula is C23H29NO3S. The molecule has 1 fully saturated rings. The number of fused-ring (bicyclic) bond motifs is 1. The summed E-state index contributed by atoms with van der Waals surface area (Å²) in [6.07, 6.45) is 4.55. The van der Waals surface area contributed by atoms with E-state index >= 15 is 0 Å². The van der Waals surface area contributed by atoms with E-state index in [1.165, 1.54) is 36.0 Å². The van der Waals surface area contributed by atoms with Gasteiger partial charge in [0.05, 0.1) is 25.2 Å². The van der Waals surface area contributed by atoms with Gasteiger partial charge in [-0.05, 0) is 68.0 Å². The highest BCUT2D eigenvalue weighted by Gasteiger charge is 2.22. The Morgan fingerprint density at radius 2 is 1.96 bits per heavy atom. The molecule has 0 aromatic heterocycles. The summed E-state index contributed by atoms with van der Waals surface area (Å²) in [5, 5.41) is 0. The van der Waals surface area contributed by atoms with E-state index in [9.17, 15) is 0 Å². The molecule has 0 spiro atoms. The van der Waals surface area contributed by atoms with Gasteiger partial charge in [0.1, 0.15) is 11.5 Å². The molecule has 1 saturated heterocycles. The smallest absolute Gasteiger partial charge is 0.138 e. The van der Waals surface area contributed by atoms with Gasteiger partial charge in [-0.2, -0.15) is 0 Å². The van der Waals surface area contributed by atoms with Crippen molar-refractivity contribution < 1.29 is 13.7 Å². The Morgan fingerprint density at radius 3 is 2.82 bits per heavy atom. The first-order valence-corrected chi connectivity index (χ1v) is 11.0. The van der Waals surface area contributed by atoms with Crippen LogP contribution in [0, 0.1) is 0 Å². The number of aryl methyl sites for hydroxylation is 1. The molecule has 0 aliphatic carbocycles. The molecule has 2 aromatic carbocycles. The average molecular weight is 400 g/mol. The van der Waals surface area contributed by atoms with E-state index in [-0.39, 0.29) is 0 Å². The summed E-state index contributed by atoms with van der Waals surface area (Å²) in [5.74, 6) is 2.64. The summed E-state index contributed by atoms with van der Waals surface area (Å²) < 4.78 is 17.3. The molecule has 2 aliphatic rings. The van der Waals surface area contributed by atoms with Crippen LogP contribution in [0.2, 0.25) is 0 Å². The number of benzene rings is 2. The zero-order valence-corrected chi connectivity index (χ0v) is 17.4. The van der Waals surface area contributed by atoms with Crippen LogP contribution in [-0.4, -0.2) is 44.9 Å². The predicted octanol–water partition coefficient (Wildman–Crippen LogP) is 4.92. The van der Waals surface area contributed by atoms with Gasteiger partial charge in [0.15, 0.2) is 0 Å². The SMILES string of the molecule is COc1ccccc1C1CCN(CCOSc2cccc3c2OCCC3)CC1. The third-order valence-electron chi connectivity index (χ3n) is 5.70. The second kappa shape index (κ2) is 9.68. The van der Waals surface area contributed by atoms with Gasteiger partial charge in [0, 0.05) is 18.6 Å². The molecular weight excluding hydrogens is 370 g/mol. The highest BCUT2D eigenvalue weighted by atomic mass is 32.2. The van der Waals surface area contributed by atoms with Crippen LogP contribution in [0.4, 0.5) is 0 Å². The lowest BCUT2D eigenvalue weighted by Gasteiger charge is -2.32. The van der Waals surface area contributed by atoms with E-state index in [4.69, 9.17) is 13.7 Å². The lowest BCUT2D eigenvalue weighted by atomic mass is 9.89. The molecule has 0 amide bonds. The van der Waals surface area contributed by atoms with Gasteiger partial charge in [0.2, 0.25) is 0 Å². The second-order valence-corrected chi connectivity index (χ2v) is 8.30. The molecule has 4 rings (SSSR count). The fourth-order valence-corrected chi connectivity index (χ4v) is 4.85. The molecule has 5 heteroatoms. The zero-order chi connectivity index (χ0) is 19.2. The number of rotatable bonds is 7. The Kier molecular flexibility index (Phi) is 6.78. The van der Waals surface area contributed by atoms with Gasteiger partial charge in [-0.25, -0.2) is 0 Å². The Bertz CT molecular complexity index is 774. The van der Waals surface area contributed by atoms with Crippen LogP contribution in [0.1, 0.15) is 36.3 Å². The first kappa shape index (κ1) is 19.6. The van der Waals surface area contributed by atoms with Crippen LogP contribution in [0.3, 0.4) is 0 Å². The van der Waals surface area contributed by atoms with Crippen molar-refractivity contribution in [3.63, 3.8) is 0 Å². The maximum Gasteiger partial charge on any atom is 0.138 e. The van der Waals surface area contributed by atoms with Gasteiger partial charge >= 0.3 is 0 Å². The Balaban J connectivity index is 1.21. The molecule has 0 bridgehead atoms. The molecule has 28 heavy (non-hydrogen) atoms. The summed E-state index contributed by atoms with van der Waals surface area (Å²) in [7, 11) is 1.76. The molecule has 150 valence electrons. The van der Waals surface area contributed by atoms with Crippen molar-refractivity contribution >= 4 is 12.0 Å². The molecule has 4 nitrogen and oxygen atoms in total. The molecule has 2 aliphatic heterocycles. The van der Waals surface area contributed by atoms with Crippen molar-refractivity contribution in [3.8, 4) is 11.5 Å². The Labute approximate surface area is 172 Å². The predicted molar refractivity (Wildman–Crippen MR) is 113 cm³/mol. The van der Waals surface area contributed by atoms with Crippen LogP contribution in [0.5, 0.6) is 11.5 Å². The summed E-state index contributed by atoms with van der Waals surface area (Å²) in [4.78, 5) is 3.61. The zero-order valence-electron chi connectivity index (χ0n) is 16.6. The normalized spacial score (nSPS) is 17.8. The van der Waals surface area contributed by atoms with Crippen LogP contribution in [0.25, 0.3) is 0 Å². The number of piperidine rings is 1. The fraction of sp³-hybridized carbons (Fsp3) is 0.478. The summed E-state index contributed by atoms with van der Waals surface area (Å²) in [6.45, 7) is 4.74. The topological polar surface area (TPSA) is 30.9 Å². The third-order valence-corrected chi connectivity index (χ3v) is 6.49. The van der Waals surface area contributed by atoms with Crippen LogP contribution >= 0.6 is 12.0 Å². The summed E-state index contributed by atoms with van der Waals surface area (Å²) in [6, 6.07) is 14.8. The molecule has 2 heterocycles. The number of ether oxygens (including phenoxy) is 2. The fourth-order valence-electron chi connectivity index (χ4n) is 4.17. The van der Waals surface area contributed by atoms with Crippen molar-refractivity contribution in [2.75, 3.05) is 40.0 Å². The second-order valence-electron chi connectivity index (χ2n) is 7.46. The lowest BCUT2D eigenvalue weighted by molar-refractivity contribution is 0.182. The maximum absolute atomic E-state index is 5.91. The monoisotopic (exact) mass is 399 g/mol. The highest BCUT2D eigenvalue weighted by Crippen LogP contribution is 2.36. The van der Waals surface area contributed by atoms with Gasteiger partial charge in [0.25, 0.3) is 0 Å². The number of hydrogen-bond acceptors (Lipinski definition) is 5. The largest absolute Gasteiger partial charge is 0.496 e. The first-order valence-electron chi connectivity index (χ1n) is 10.2. The van der Waals surface area contributed by atoms with Crippen molar-refractivity contribution in [1.29, 1.82) is 0 Å². The van der Waals surface area contributed by atoms with E-state index in [1.54, 1.807) is 7.11 Å². The van der Waals surface area contributed by atoms with Gasteiger partial charge in [-0.1, -0.05) is 30.3 Å². The Hall–Kier alpha value is -1.69. The number of likely N-dealkylation sites (tertiary alicyclic amines) is 1. The summed E-state index contributed by atoms with van der Waals surface area (Å²) >= 11 is 1.46. The van der Waals surface area contributed by atoms with E-state index in [0.29, 0.717) is 5.92 Å². The lowest BCUT2D eigenvalue weighted by Crippen LogP contribution is -2.35. The number of nitrogens with zero attached hydrogens (tertiary/aromatic N) is 1. The van der Waals surface area contributed by atoms with Crippen molar-refractivity contribution in [3.05, 3.63) is 53.6 Å². The molecule has 0 N–H and O–H groups in total. The van der Waals surface area contributed by atoms with Gasteiger partial charge in [-0.15, -0.1) is 0 Å². The highest BCUT2D eigenvalue weighted by molar-refractivity contribution is 7.94. The van der Waals surface area contributed by atoms with Gasteiger partial charge in [-0.3, -0.25) is 0 Å². The summed E-state index contributed by atoms with van der Waals surface area (Å²) in [5.41, 5.74) is 2.66. The average Bonchev–Trinajstić information content (AvgIpc) is 2.77. The molecule has 2 aromatic rings. The van der Waals surface area contributed by atoms with Crippen molar-refractivity contribution in [2.45, 2.75) is 36.5 Å². The minimum atomic E-state index is 0.593. The Morgan fingerprint density at radius 1 is 1.11 bits per heavy atom. The van der Waals surface area contributed by atoms with E-state index in [1.807, 2.05) is 6.07 Å². The number of hydrogen-bond donors (Lipinski definition) is 0. The molecule has 0 saturated carbocycles. The standard InChI is InChI=1S/C23H29NO3S/c1-25-21-9-3-2-8-20(21)18-11-13-24(14-12-18)15-17-27-28-22-10-4-6-19-7-5-16-26-23(19)22/h2-4,6,8-10,18H,5,7,11-17H2,1H3. The quantitative estimate of drug-likeness (QED) is 0.487. The molecule has 0 unspecified atom stereocenters. The molecule has 0 atom stereocenters. The minimum absolute atomic E-state index is 0.593. The van der Waals surface area contributed by atoms with E-state index in [0.717, 1.165) is 62.1 Å².